The summed E-state index contributed by atoms with van der Waals surface area (Å²) < 4.78 is 5.57. The van der Waals surface area contributed by atoms with Crippen molar-refractivity contribution in [3.63, 3.8) is 0 Å². The van der Waals surface area contributed by atoms with E-state index in [1.807, 2.05) is 6.92 Å². The first-order valence-electron chi connectivity index (χ1n) is 6.53. The molecule has 1 unspecified atom stereocenters. The van der Waals surface area contributed by atoms with Crippen LogP contribution in [0.2, 0.25) is 0 Å². The highest BCUT2D eigenvalue weighted by Crippen LogP contribution is 2.26. The molecule has 0 fully saturated rings. The van der Waals surface area contributed by atoms with Crippen LogP contribution >= 0.6 is 0 Å². The Kier molecular flexibility index (Phi) is 5.17. The summed E-state index contributed by atoms with van der Waals surface area (Å²) in [6.45, 7) is 10.3. The van der Waals surface area contributed by atoms with Crippen molar-refractivity contribution >= 4 is 5.69 Å². The maximum Gasteiger partial charge on any atom is 0.0725 e. The molecule has 0 saturated carbocycles. The zero-order chi connectivity index (χ0) is 13.8. The van der Waals surface area contributed by atoms with Gasteiger partial charge in [0.2, 0.25) is 0 Å². The number of aryl methyl sites for hydroxylation is 2. The van der Waals surface area contributed by atoms with Crippen LogP contribution in [0.3, 0.4) is 0 Å². The number of nitrogens with two attached hydrogens (primary N) is 1. The van der Waals surface area contributed by atoms with Gasteiger partial charge in [-0.05, 0) is 39.3 Å². The summed E-state index contributed by atoms with van der Waals surface area (Å²) in [5, 5.41) is 0. The van der Waals surface area contributed by atoms with Gasteiger partial charge in [-0.2, -0.15) is 0 Å². The first kappa shape index (κ1) is 15.0. The van der Waals surface area contributed by atoms with E-state index in [1.54, 1.807) is 0 Å². The molecule has 0 aromatic heterocycles. The summed E-state index contributed by atoms with van der Waals surface area (Å²) in [4.78, 5) is 2.23. The van der Waals surface area contributed by atoms with Gasteiger partial charge in [0.15, 0.2) is 0 Å². The van der Waals surface area contributed by atoms with Crippen molar-refractivity contribution in [1.82, 2.24) is 0 Å². The van der Waals surface area contributed by atoms with Gasteiger partial charge in [-0.25, -0.2) is 0 Å². The lowest BCUT2D eigenvalue weighted by Crippen LogP contribution is -2.53. The fraction of sp³-hybridized carbons (Fsp3) is 0.600. The van der Waals surface area contributed by atoms with Crippen LogP contribution < -0.4 is 10.6 Å². The van der Waals surface area contributed by atoms with Crippen LogP contribution in [0.15, 0.2) is 18.2 Å². The summed E-state index contributed by atoms with van der Waals surface area (Å²) in [5.74, 6) is 0. The average molecular weight is 250 g/mol. The molecule has 3 nitrogen and oxygen atoms in total. The molecule has 0 aliphatic rings. The van der Waals surface area contributed by atoms with E-state index in [4.69, 9.17) is 10.5 Å². The summed E-state index contributed by atoms with van der Waals surface area (Å²) in [7, 11) is 2.09. The van der Waals surface area contributed by atoms with Gasteiger partial charge >= 0.3 is 0 Å². The Balaban J connectivity index is 2.98. The van der Waals surface area contributed by atoms with E-state index in [0.717, 1.165) is 6.61 Å². The number of ether oxygens (including phenoxy) is 1. The summed E-state index contributed by atoms with van der Waals surface area (Å²) >= 11 is 0. The van der Waals surface area contributed by atoms with Crippen LogP contribution in [0.5, 0.6) is 0 Å². The van der Waals surface area contributed by atoms with Gasteiger partial charge in [0, 0.05) is 25.9 Å². The molecule has 0 aliphatic carbocycles. The number of likely N-dealkylation sites (N-methyl/N-ethyl adjacent to an activating group) is 1. The Morgan fingerprint density at radius 3 is 2.50 bits per heavy atom. The van der Waals surface area contributed by atoms with Crippen molar-refractivity contribution in [2.24, 2.45) is 5.73 Å². The van der Waals surface area contributed by atoms with Crippen molar-refractivity contribution in [2.75, 3.05) is 31.7 Å². The van der Waals surface area contributed by atoms with Gasteiger partial charge in [-0.1, -0.05) is 17.7 Å². The van der Waals surface area contributed by atoms with Gasteiger partial charge in [-0.15, -0.1) is 0 Å². The maximum absolute atomic E-state index is 5.94. The van der Waals surface area contributed by atoms with Crippen molar-refractivity contribution < 1.29 is 4.74 Å². The predicted octanol–water partition coefficient (Wildman–Crippen LogP) is 2.49. The quantitative estimate of drug-likeness (QED) is 0.843. The van der Waals surface area contributed by atoms with Gasteiger partial charge in [0.05, 0.1) is 12.1 Å². The highest BCUT2D eigenvalue weighted by Gasteiger charge is 2.29. The van der Waals surface area contributed by atoms with Crippen LogP contribution in [0, 0.1) is 13.8 Å². The Labute approximate surface area is 111 Å². The van der Waals surface area contributed by atoms with Crippen LogP contribution in [0.25, 0.3) is 0 Å². The Morgan fingerprint density at radius 2 is 2.00 bits per heavy atom. The fourth-order valence-corrected chi connectivity index (χ4v) is 2.09. The Morgan fingerprint density at radius 1 is 1.33 bits per heavy atom. The Bertz CT molecular complexity index is 392. The Hall–Kier alpha value is -1.06. The molecule has 0 amide bonds. The molecule has 0 bridgehead atoms. The lowest BCUT2D eigenvalue weighted by molar-refractivity contribution is 0.102. The zero-order valence-electron chi connectivity index (χ0n) is 12.3. The van der Waals surface area contributed by atoms with E-state index in [9.17, 15) is 0 Å². The molecule has 0 spiro atoms. The van der Waals surface area contributed by atoms with E-state index in [0.29, 0.717) is 13.2 Å². The second-order valence-electron chi connectivity index (χ2n) is 5.19. The van der Waals surface area contributed by atoms with Gasteiger partial charge < -0.3 is 15.4 Å². The number of rotatable bonds is 6. The van der Waals surface area contributed by atoms with E-state index < -0.39 is 0 Å². The highest BCUT2D eigenvalue weighted by molar-refractivity contribution is 5.55. The third-order valence-electron chi connectivity index (χ3n) is 3.58. The van der Waals surface area contributed by atoms with Crippen LogP contribution in [0.1, 0.15) is 25.0 Å². The predicted molar refractivity (Wildman–Crippen MR) is 78.3 cm³/mol. The summed E-state index contributed by atoms with van der Waals surface area (Å²) in [6, 6.07) is 6.49. The SMILES string of the molecule is CCOCC(C)(CN)N(C)c1ccc(C)cc1C. The molecule has 2 N–H and O–H groups in total. The van der Waals surface area contributed by atoms with Crippen LogP contribution in [0.4, 0.5) is 5.69 Å². The molecule has 1 aromatic carbocycles. The van der Waals surface area contributed by atoms with E-state index in [-0.39, 0.29) is 5.54 Å². The normalized spacial score (nSPS) is 14.3. The molecule has 1 aromatic rings. The van der Waals surface area contributed by atoms with Gasteiger partial charge in [0.1, 0.15) is 0 Å². The summed E-state index contributed by atoms with van der Waals surface area (Å²) in [6.07, 6.45) is 0. The molecule has 3 heteroatoms. The van der Waals surface area contributed by atoms with E-state index in [2.05, 4.69) is 50.9 Å². The minimum Gasteiger partial charge on any atom is -0.379 e. The number of hydrogen-bond acceptors (Lipinski definition) is 3. The average Bonchev–Trinajstić information content (AvgIpc) is 2.35. The van der Waals surface area contributed by atoms with Crippen molar-refractivity contribution in [3.05, 3.63) is 29.3 Å². The molecule has 1 rings (SSSR count). The molecule has 1 atom stereocenters. The lowest BCUT2D eigenvalue weighted by atomic mass is 9.99. The standard InChI is InChI=1S/C15H26N2O/c1-6-18-11-15(4,10-16)17(5)14-8-7-12(2)9-13(14)3/h7-9H,6,10-11,16H2,1-5H3. The summed E-state index contributed by atoms with van der Waals surface area (Å²) in [5.41, 5.74) is 9.54. The number of nitrogens with zero attached hydrogens (tertiary/aromatic N) is 1. The van der Waals surface area contributed by atoms with Crippen molar-refractivity contribution in [2.45, 2.75) is 33.2 Å². The monoisotopic (exact) mass is 250 g/mol. The van der Waals surface area contributed by atoms with E-state index in [1.165, 1.54) is 16.8 Å². The van der Waals surface area contributed by atoms with E-state index >= 15 is 0 Å². The molecule has 102 valence electrons. The molecule has 0 radical (unpaired) electrons. The van der Waals surface area contributed by atoms with Gasteiger partial charge in [-0.3, -0.25) is 0 Å². The topological polar surface area (TPSA) is 38.5 Å². The van der Waals surface area contributed by atoms with Crippen molar-refractivity contribution in [1.29, 1.82) is 0 Å². The third kappa shape index (κ3) is 3.24. The first-order chi connectivity index (χ1) is 8.44. The smallest absolute Gasteiger partial charge is 0.0725 e. The lowest BCUT2D eigenvalue weighted by Gasteiger charge is -2.40. The van der Waals surface area contributed by atoms with Crippen molar-refractivity contribution in [3.8, 4) is 0 Å². The van der Waals surface area contributed by atoms with Crippen LogP contribution in [-0.4, -0.2) is 32.3 Å². The molecule has 0 heterocycles. The molecular weight excluding hydrogens is 224 g/mol. The number of benzene rings is 1. The first-order valence-corrected chi connectivity index (χ1v) is 6.53. The molecular formula is C15H26N2O. The molecule has 0 aliphatic heterocycles. The third-order valence-corrected chi connectivity index (χ3v) is 3.58. The fourth-order valence-electron chi connectivity index (χ4n) is 2.09. The van der Waals surface area contributed by atoms with Gasteiger partial charge in [0.25, 0.3) is 0 Å². The highest BCUT2D eigenvalue weighted by atomic mass is 16.5. The zero-order valence-corrected chi connectivity index (χ0v) is 12.3. The second kappa shape index (κ2) is 6.21. The maximum atomic E-state index is 5.94. The minimum absolute atomic E-state index is 0.171. The molecule has 0 saturated heterocycles. The number of hydrogen-bond donors (Lipinski definition) is 1. The number of anilines is 1. The second-order valence-corrected chi connectivity index (χ2v) is 5.19. The van der Waals surface area contributed by atoms with Crippen LogP contribution in [-0.2, 0) is 4.74 Å². The molecule has 18 heavy (non-hydrogen) atoms. The minimum atomic E-state index is -0.171. The largest absolute Gasteiger partial charge is 0.379 e.